The highest BCUT2D eigenvalue weighted by Gasteiger charge is 1.84. The van der Waals surface area contributed by atoms with E-state index < -0.39 is 0 Å². The molecular weight excluding hydrogens is 156 g/mol. The van der Waals surface area contributed by atoms with Gasteiger partial charge in [-0.1, -0.05) is 0 Å². The van der Waals surface area contributed by atoms with Gasteiger partial charge < -0.3 is 4.79 Å². The van der Waals surface area contributed by atoms with E-state index in [4.69, 9.17) is 0 Å². The zero-order chi connectivity index (χ0) is 8.85. The Kier molecular flexibility index (Phi) is 4.79. The van der Waals surface area contributed by atoms with E-state index in [9.17, 15) is 4.79 Å². The normalized spacial score (nSPS) is 8.36. The summed E-state index contributed by atoms with van der Waals surface area (Å²) in [5.41, 5.74) is 0. The molecule has 0 aliphatic rings. The lowest BCUT2D eigenvalue weighted by atomic mass is 10.5. The van der Waals surface area contributed by atoms with Crippen LogP contribution in [0.1, 0.15) is 23.6 Å². The largest absolute Gasteiger partial charge is 0.300 e. The van der Waals surface area contributed by atoms with Gasteiger partial charge in [0.05, 0.1) is 0 Å². The van der Waals surface area contributed by atoms with Gasteiger partial charge in [-0.05, 0) is 39.8 Å². The quantitative estimate of drug-likeness (QED) is 0.585. The van der Waals surface area contributed by atoms with Crippen molar-refractivity contribution in [2.45, 2.75) is 27.7 Å². The molecule has 0 bridgehead atoms. The molecule has 1 rings (SSSR count). The maximum atomic E-state index is 9.44. The Labute approximate surface area is 72.1 Å². The molecule has 0 saturated heterocycles. The van der Waals surface area contributed by atoms with E-state index in [1.54, 1.807) is 0 Å². The smallest absolute Gasteiger partial charge is 0.126 e. The number of hydrogen-bond acceptors (Lipinski definition) is 2. The Balaban J connectivity index is 0.000000218. The summed E-state index contributed by atoms with van der Waals surface area (Å²) in [5.74, 6) is 0.167. The van der Waals surface area contributed by atoms with Gasteiger partial charge in [-0.2, -0.15) is 0 Å². The molecule has 0 aromatic carbocycles. The van der Waals surface area contributed by atoms with Gasteiger partial charge in [-0.25, -0.2) is 0 Å². The van der Waals surface area contributed by atoms with E-state index in [1.807, 2.05) is 11.3 Å². The molecule has 1 aromatic heterocycles. The van der Waals surface area contributed by atoms with Gasteiger partial charge in [0.25, 0.3) is 0 Å². The predicted molar refractivity (Wildman–Crippen MR) is 50.1 cm³/mol. The van der Waals surface area contributed by atoms with Crippen molar-refractivity contribution < 1.29 is 4.79 Å². The Hall–Kier alpha value is -0.630. The van der Waals surface area contributed by atoms with E-state index in [-0.39, 0.29) is 5.78 Å². The molecule has 0 radical (unpaired) electrons. The maximum Gasteiger partial charge on any atom is 0.126 e. The third-order valence-electron chi connectivity index (χ3n) is 0.875. The number of hydrogen-bond donors (Lipinski definition) is 0. The molecule has 1 aromatic rings. The van der Waals surface area contributed by atoms with E-state index in [0.29, 0.717) is 0 Å². The van der Waals surface area contributed by atoms with Crippen LogP contribution in [0, 0.1) is 13.8 Å². The second-order valence-corrected chi connectivity index (χ2v) is 4.06. The zero-order valence-electron chi connectivity index (χ0n) is 7.47. The molecule has 0 saturated carbocycles. The first kappa shape index (κ1) is 10.4. The summed E-state index contributed by atoms with van der Waals surface area (Å²) in [6, 6.07) is 4.28. The second kappa shape index (κ2) is 5.08. The summed E-state index contributed by atoms with van der Waals surface area (Å²) in [6.07, 6.45) is 0. The average molecular weight is 170 g/mol. The molecule has 0 atom stereocenters. The van der Waals surface area contributed by atoms with Crippen molar-refractivity contribution in [3.05, 3.63) is 21.9 Å². The minimum Gasteiger partial charge on any atom is -0.300 e. The van der Waals surface area contributed by atoms with E-state index in [0.717, 1.165) is 0 Å². The fraction of sp³-hybridized carbons (Fsp3) is 0.444. The minimum absolute atomic E-state index is 0.167. The molecule has 0 N–H and O–H groups in total. The van der Waals surface area contributed by atoms with Crippen LogP contribution >= 0.6 is 11.3 Å². The molecule has 0 spiro atoms. The first-order chi connectivity index (χ1) is 5.02. The Morgan fingerprint density at radius 2 is 1.45 bits per heavy atom. The zero-order valence-corrected chi connectivity index (χ0v) is 8.29. The Bertz CT molecular complexity index is 205. The highest BCUT2D eigenvalue weighted by Crippen LogP contribution is 2.11. The van der Waals surface area contributed by atoms with E-state index >= 15 is 0 Å². The van der Waals surface area contributed by atoms with Gasteiger partial charge in [-0.3, -0.25) is 0 Å². The molecule has 0 aliphatic carbocycles. The summed E-state index contributed by atoms with van der Waals surface area (Å²) in [6.45, 7) is 7.30. The van der Waals surface area contributed by atoms with Crippen LogP contribution in [0.25, 0.3) is 0 Å². The van der Waals surface area contributed by atoms with Crippen LogP contribution in [0.15, 0.2) is 12.1 Å². The lowest BCUT2D eigenvalue weighted by molar-refractivity contribution is -0.114. The van der Waals surface area contributed by atoms with Crippen molar-refractivity contribution in [3.8, 4) is 0 Å². The fourth-order valence-corrected chi connectivity index (χ4v) is 1.34. The number of ketones is 1. The summed E-state index contributed by atoms with van der Waals surface area (Å²) in [5, 5.41) is 0. The molecule has 0 unspecified atom stereocenters. The topological polar surface area (TPSA) is 17.1 Å². The third kappa shape index (κ3) is 7.26. The van der Waals surface area contributed by atoms with Crippen LogP contribution in [0.5, 0.6) is 0 Å². The van der Waals surface area contributed by atoms with Crippen LogP contribution in [0.4, 0.5) is 0 Å². The molecule has 1 nitrogen and oxygen atoms in total. The lowest BCUT2D eigenvalue weighted by Crippen LogP contribution is -1.69. The number of carbonyl (C=O) groups excluding carboxylic acids is 1. The van der Waals surface area contributed by atoms with E-state index in [1.165, 1.54) is 23.6 Å². The van der Waals surface area contributed by atoms with Crippen molar-refractivity contribution in [1.29, 1.82) is 0 Å². The number of thiophene rings is 1. The van der Waals surface area contributed by atoms with Crippen molar-refractivity contribution in [2.75, 3.05) is 0 Å². The fourth-order valence-electron chi connectivity index (χ4n) is 0.557. The molecule has 62 valence electrons. The van der Waals surface area contributed by atoms with Gasteiger partial charge in [0.15, 0.2) is 0 Å². The number of rotatable bonds is 0. The molecule has 2 heteroatoms. The van der Waals surface area contributed by atoms with Crippen molar-refractivity contribution in [3.63, 3.8) is 0 Å². The first-order valence-corrected chi connectivity index (χ1v) is 4.34. The van der Waals surface area contributed by atoms with Gasteiger partial charge in [0.2, 0.25) is 0 Å². The first-order valence-electron chi connectivity index (χ1n) is 3.52. The standard InChI is InChI=1S/C6H8S.C3H6O/c1-5-3-4-6(2)7-5;1-3(2)4/h3-4H,1-2H3;1-2H3. The predicted octanol–water partition coefficient (Wildman–Crippen LogP) is 2.96. The Morgan fingerprint density at radius 3 is 1.55 bits per heavy atom. The Morgan fingerprint density at radius 1 is 1.18 bits per heavy atom. The van der Waals surface area contributed by atoms with Crippen molar-refractivity contribution in [2.24, 2.45) is 0 Å². The van der Waals surface area contributed by atoms with Crippen molar-refractivity contribution in [1.82, 2.24) is 0 Å². The maximum absolute atomic E-state index is 9.44. The molecule has 0 amide bonds. The molecule has 0 fully saturated rings. The summed E-state index contributed by atoms with van der Waals surface area (Å²) < 4.78 is 0. The minimum atomic E-state index is 0.167. The van der Waals surface area contributed by atoms with Crippen LogP contribution in [-0.2, 0) is 4.79 Å². The molecule has 0 aliphatic heterocycles. The second-order valence-electron chi connectivity index (χ2n) is 2.56. The number of Topliss-reactive ketones (excluding diaryl/α,β-unsaturated/α-hetero) is 1. The molecular formula is C9H14OS. The highest BCUT2D eigenvalue weighted by molar-refractivity contribution is 7.11. The third-order valence-corrected chi connectivity index (χ3v) is 1.79. The van der Waals surface area contributed by atoms with Crippen LogP contribution in [-0.4, -0.2) is 5.78 Å². The highest BCUT2D eigenvalue weighted by atomic mass is 32.1. The van der Waals surface area contributed by atoms with Crippen molar-refractivity contribution >= 4 is 17.1 Å². The van der Waals surface area contributed by atoms with Gasteiger partial charge >= 0.3 is 0 Å². The van der Waals surface area contributed by atoms with Crippen LogP contribution in [0.2, 0.25) is 0 Å². The monoisotopic (exact) mass is 170 g/mol. The van der Waals surface area contributed by atoms with E-state index in [2.05, 4.69) is 26.0 Å². The van der Waals surface area contributed by atoms with Gasteiger partial charge in [-0.15, -0.1) is 11.3 Å². The summed E-state index contributed by atoms with van der Waals surface area (Å²) in [7, 11) is 0. The van der Waals surface area contributed by atoms with Gasteiger partial charge in [0, 0.05) is 9.75 Å². The lowest BCUT2D eigenvalue weighted by Gasteiger charge is -1.71. The van der Waals surface area contributed by atoms with Gasteiger partial charge in [0.1, 0.15) is 5.78 Å². The average Bonchev–Trinajstić information content (AvgIpc) is 2.13. The van der Waals surface area contributed by atoms with Crippen LogP contribution in [0.3, 0.4) is 0 Å². The molecule has 11 heavy (non-hydrogen) atoms. The number of aryl methyl sites for hydroxylation is 2. The molecule has 1 heterocycles. The SMILES string of the molecule is CC(C)=O.Cc1ccc(C)s1. The summed E-state index contributed by atoms with van der Waals surface area (Å²) in [4.78, 5) is 12.2. The summed E-state index contributed by atoms with van der Waals surface area (Å²) >= 11 is 1.84. The number of carbonyl (C=O) groups is 1. The van der Waals surface area contributed by atoms with Crippen LogP contribution < -0.4 is 0 Å².